The van der Waals surface area contributed by atoms with Gasteiger partial charge in [-0.3, -0.25) is 20.4 Å². The Morgan fingerprint density at radius 1 is 0.958 bits per heavy atom. The van der Waals surface area contributed by atoms with E-state index in [1.807, 2.05) is 0 Å². The Bertz CT molecular complexity index is 749. The van der Waals surface area contributed by atoms with Gasteiger partial charge in [-0.05, 0) is 37.3 Å². The van der Waals surface area contributed by atoms with Gasteiger partial charge in [0.1, 0.15) is 5.82 Å². The molecule has 0 aliphatic carbocycles. The molecule has 0 bridgehead atoms. The fraction of sp³-hybridized carbons (Fsp3) is 0.118. The Hall–Kier alpha value is -3.22. The summed E-state index contributed by atoms with van der Waals surface area (Å²) in [6, 6.07) is 13.2. The molecule has 0 saturated carbocycles. The highest BCUT2D eigenvalue weighted by atomic mass is 19.1. The van der Waals surface area contributed by atoms with Gasteiger partial charge in [-0.15, -0.1) is 0 Å². The van der Waals surface area contributed by atoms with Crippen LogP contribution in [0.15, 0.2) is 54.6 Å². The smallest absolute Gasteiger partial charge is 0.339 e. The summed E-state index contributed by atoms with van der Waals surface area (Å²) in [5.74, 6) is -2.65. The van der Waals surface area contributed by atoms with E-state index in [1.165, 1.54) is 25.1 Å². The van der Waals surface area contributed by atoms with E-state index in [4.69, 9.17) is 4.74 Å². The fourth-order valence-corrected chi connectivity index (χ4v) is 1.78. The van der Waals surface area contributed by atoms with Gasteiger partial charge in [0.15, 0.2) is 6.10 Å². The average molecular weight is 330 g/mol. The van der Waals surface area contributed by atoms with E-state index < -0.39 is 29.7 Å². The van der Waals surface area contributed by atoms with Crippen molar-refractivity contribution in [2.45, 2.75) is 13.0 Å². The van der Waals surface area contributed by atoms with E-state index in [0.717, 1.165) is 6.07 Å². The summed E-state index contributed by atoms with van der Waals surface area (Å²) in [5.41, 5.74) is 4.72. The van der Waals surface area contributed by atoms with Crippen molar-refractivity contribution in [1.82, 2.24) is 10.9 Å². The molecule has 6 nitrogen and oxygen atoms in total. The molecule has 0 heterocycles. The second-order valence-electron chi connectivity index (χ2n) is 4.87. The number of hydrazine groups is 1. The molecule has 0 unspecified atom stereocenters. The van der Waals surface area contributed by atoms with Crippen molar-refractivity contribution >= 4 is 17.8 Å². The van der Waals surface area contributed by atoms with Crippen LogP contribution in [0.5, 0.6) is 0 Å². The SMILES string of the molecule is C[C@@H](OC(=O)c1cccc(F)c1)C(=O)NNC(=O)c1ccccc1. The third-order valence-corrected chi connectivity index (χ3v) is 3.05. The summed E-state index contributed by atoms with van der Waals surface area (Å²) in [4.78, 5) is 35.4. The van der Waals surface area contributed by atoms with Crippen LogP contribution >= 0.6 is 0 Å². The van der Waals surface area contributed by atoms with Crippen LogP contribution in [0, 0.1) is 5.82 Å². The number of rotatable bonds is 4. The topological polar surface area (TPSA) is 84.5 Å². The molecule has 2 aromatic carbocycles. The van der Waals surface area contributed by atoms with Crippen molar-refractivity contribution in [3.05, 3.63) is 71.5 Å². The second-order valence-corrected chi connectivity index (χ2v) is 4.87. The molecule has 2 amide bonds. The lowest BCUT2D eigenvalue weighted by Gasteiger charge is -2.14. The van der Waals surface area contributed by atoms with Crippen LogP contribution in [0.3, 0.4) is 0 Å². The van der Waals surface area contributed by atoms with Gasteiger partial charge in [-0.1, -0.05) is 24.3 Å². The van der Waals surface area contributed by atoms with E-state index >= 15 is 0 Å². The Balaban J connectivity index is 1.86. The van der Waals surface area contributed by atoms with Crippen LogP contribution in [0.2, 0.25) is 0 Å². The number of benzene rings is 2. The highest BCUT2D eigenvalue weighted by Crippen LogP contribution is 2.07. The largest absolute Gasteiger partial charge is 0.449 e. The highest BCUT2D eigenvalue weighted by molar-refractivity contribution is 5.96. The number of carbonyl (C=O) groups excluding carboxylic acids is 3. The Labute approximate surface area is 137 Å². The molecule has 0 aliphatic rings. The maximum Gasteiger partial charge on any atom is 0.339 e. The van der Waals surface area contributed by atoms with Crippen molar-refractivity contribution in [2.24, 2.45) is 0 Å². The zero-order valence-electron chi connectivity index (χ0n) is 12.8. The van der Waals surface area contributed by atoms with Gasteiger partial charge in [0.2, 0.25) is 0 Å². The number of esters is 1. The number of hydrogen-bond donors (Lipinski definition) is 2. The van der Waals surface area contributed by atoms with Gasteiger partial charge in [-0.2, -0.15) is 0 Å². The highest BCUT2D eigenvalue weighted by Gasteiger charge is 2.19. The molecule has 0 saturated heterocycles. The normalized spacial score (nSPS) is 11.2. The van der Waals surface area contributed by atoms with Gasteiger partial charge in [0.05, 0.1) is 5.56 Å². The van der Waals surface area contributed by atoms with Gasteiger partial charge in [-0.25, -0.2) is 9.18 Å². The molecule has 24 heavy (non-hydrogen) atoms. The molecule has 2 N–H and O–H groups in total. The molecule has 124 valence electrons. The third kappa shape index (κ3) is 4.64. The fourth-order valence-electron chi connectivity index (χ4n) is 1.78. The van der Waals surface area contributed by atoms with E-state index in [-0.39, 0.29) is 5.56 Å². The Morgan fingerprint density at radius 2 is 1.62 bits per heavy atom. The number of amides is 2. The Kier molecular flexibility index (Phi) is 5.62. The Morgan fingerprint density at radius 3 is 2.29 bits per heavy atom. The molecule has 7 heteroatoms. The van der Waals surface area contributed by atoms with E-state index in [9.17, 15) is 18.8 Å². The van der Waals surface area contributed by atoms with Gasteiger partial charge < -0.3 is 4.74 Å². The summed E-state index contributed by atoms with van der Waals surface area (Å²) >= 11 is 0. The first-order valence-electron chi connectivity index (χ1n) is 7.09. The van der Waals surface area contributed by atoms with E-state index in [2.05, 4.69) is 10.9 Å². The zero-order chi connectivity index (χ0) is 17.5. The lowest BCUT2D eigenvalue weighted by atomic mass is 10.2. The van der Waals surface area contributed by atoms with Crippen LogP contribution < -0.4 is 10.9 Å². The lowest BCUT2D eigenvalue weighted by molar-refractivity contribution is -0.129. The van der Waals surface area contributed by atoms with Crippen molar-refractivity contribution in [3.63, 3.8) is 0 Å². The minimum Gasteiger partial charge on any atom is -0.449 e. The van der Waals surface area contributed by atoms with Gasteiger partial charge >= 0.3 is 5.97 Å². The first-order valence-corrected chi connectivity index (χ1v) is 7.09. The van der Waals surface area contributed by atoms with Crippen molar-refractivity contribution < 1.29 is 23.5 Å². The molecule has 0 radical (unpaired) electrons. The van der Waals surface area contributed by atoms with Crippen LogP contribution in [0.25, 0.3) is 0 Å². The molecule has 0 aromatic heterocycles. The quantitative estimate of drug-likeness (QED) is 0.662. The molecule has 2 rings (SSSR count). The van der Waals surface area contributed by atoms with Crippen LogP contribution in [-0.2, 0) is 9.53 Å². The summed E-state index contributed by atoms with van der Waals surface area (Å²) in [6.07, 6.45) is -1.17. The summed E-state index contributed by atoms with van der Waals surface area (Å²) < 4.78 is 18.0. The van der Waals surface area contributed by atoms with Crippen molar-refractivity contribution in [1.29, 1.82) is 0 Å². The molecule has 0 fully saturated rings. The van der Waals surface area contributed by atoms with Crippen molar-refractivity contribution in [3.8, 4) is 0 Å². The molecular formula is C17H15FN2O4. The minimum atomic E-state index is -1.17. The van der Waals surface area contributed by atoms with E-state index in [0.29, 0.717) is 5.56 Å². The monoisotopic (exact) mass is 330 g/mol. The molecule has 0 aliphatic heterocycles. The minimum absolute atomic E-state index is 0.0111. The molecule has 0 spiro atoms. The third-order valence-electron chi connectivity index (χ3n) is 3.05. The number of hydrogen-bond acceptors (Lipinski definition) is 4. The summed E-state index contributed by atoms with van der Waals surface area (Å²) in [5, 5.41) is 0. The van der Waals surface area contributed by atoms with Crippen LogP contribution in [0.1, 0.15) is 27.6 Å². The van der Waals surface area contributed by atoms with Crippen molar-refractivity contribution in [2.75, 3.05) is 0 Å². The zero-order valence-corrected chi connectivity index (χ0v) is 12.8. The number of nitrogens with one attached hydrogen (secondary N) is 2. The van der Waals surface area contributed by atoms with Gasteiger partial charge in [0.25, 0.3) is 11.8 Å². The summed E-state index contributed by atoms with van der Waals surface area (Å²) in [7, 11) is 0. The number of ether oxygens (including phenoxy) is 1. The summed E-state index contributed by atoms with van der Waals surface area (Å²) in [6.45, 7) is 1.33. The van der Waals surface area contributed by atoms with Crippen LogP contribution in [-0.4, -0.2) is 23.9 Å². The van der Waals surface area contributed by atoms with Gasteiger partial charge in [0, 0.05) is 5.56 Å². The predicted octanol–water partition coefficient (Wildman–Crippen LogP) is 1.83. The van der Waals surface area contributed by atoms with E-state index in [1.54, 1.807) is 30.3 Å². The first-order chi connectivity index (χ1) is 11.5. The maximum absolute atomic E-state index is 13.1. The first kappa shape index (κ1) is 17.1. The number of halogens is 1. The average Bonchev–Trinajstić information content (AvgIpc) is 2.60. The maximum atomic E-state index is 13.1. The molecule has 1 atom stereocenters. The standard InChI is InChI=1S/C17H15FN2O4/c1-11(24-17(23)13-8-5-9-14(18)10-13)15(21)19-20-16(22)12-6-3-2-4-7-12/h2-11H,1H3,(H,19,21)(H,20,22)/t11-/m1/s1. The predicted molar refractivity (Wildman–Crippen MR) is 83.3 cm³/mol. The second kappa shape index (κ2) is 7.87. The molecule has 2 aromatic rings. The molecular weight excluding hydrogens is 315 g/mol. The van der Waals surface area contributed by atoms with Crippen LogP contribution in [0.4, 0.5) is 4.39 Å². The number of carbonyl (C=O) groups is 3. The lowest BCUT2D eigenvalue weighted by Crippen LogP contribution is -2.46.